The van der Waals surface area contributed by atoms with E-state index in [1.807, 2.05) is 0 Å². The van der Waals surface area contributed by atoms with Gasteiger partial charge >= 0.3 is 0 Å². The first-order chi connectivity index (χ1) is 7.18. The fraction of sp³-hybridized carbons (Fsp3) is 1.00. The summed E-state index contributed by atoms with van der Waals surface area (Å²) in [4.78, 5) is 0. The van der Waals surface area contributed by atoms with Gasteiger partial charge in [0, 0.05) is 37.2 Å². The van der Waals surface area contributed by atoms with Gasteiger partial charge in [-0.2, -0.15) is 0 Å². The molecule has 2 saturated carbocycles. The van der Waals surface area contributed by atoms with Crippen LogP contribution in [0.4, 0.5) is 0 Å². The second-order valence-electron chi connectivity index (χ2n) is 5.72. The monoisotopic (exact) mass is 449 g/mol. The molecular weight excluding hydrogens is 424 g/mol. The Balaban J connectivity index is 0.00000128. The third-order valence-electron chi connectivity index (χ3n) is 4.63. The van der Waals surface area contributed by atoms with E-state index in [1.54, 1.807) is 0 Å². The van der Waals surface area contributed by atoms with E-state index in [-0.39, 0.29) is 37.2 Å². The molecule has 2 fully saturated rings. The molecule has 0 aliphatic heterocycles. The van der Waals surface area contributed by atoms with Crippen LogP contribution in [0.25, 0.3) is 0 Å². The molecule has 0 bridgehead atoms. The van der Waals surface area contributed by atoms with E-state index in [0.717, 1.165) is 30.6 Å². The van der Waals surface area contributed by atoms with Crippen molar-refractivity contribution in [2.24, 2.45) is 23.5 Å². The maximum atomic E-state index is 9.53. The van der Waals surface area contributed by atoms with Crippen molar-refractivity contribution in [3.05, 3.63) is 0 Å². The quantitative estimate of drug-likeness (QED) is 0.646. The summed E-state index contributed by atoms with van der Waals surface area (Å²) in [5, 5.41) is 9.53. The van der Waals surface area contributed by atoms with Crippen LogP contribution < -0.4 is 5.73 Å². The zero-order chi connectivity index (χ0) is 10.8. The van der Waals surface area contributed by atoms with Crippen molar-refractivity contribution < 1.29 is 36.2 Å². The third kappa shape index (κ3) is 3.48. The molecule has 92 valence electrons. The van der Waals surface area contributed by atoms with Crippen LogP contribution in [-0.4, -0.2) is 17.3 Å². The maximum absolute atomic E-state index is 9.53. The third-order valence-corrected chi connectivity index (χ3v) is 4.63. The van der Waals surface area contributed by atoms with E-state index >= 15 is 0 Å². The summed E-state index contributed by atoms with van der Waals surface area (Å²) in [7, 11) is 0. The first-order valence-electron chi connectivity index (χ1n) is 6.62. The number of aliphatic hydroxyl groups excluding tert-OH is 1. The van der Waals surface area contributed by atoms with Crippen molar-refractivity contribution in [1.82, 2.24) is 0 Å². The molecule has 0 spiro atoms. The van der Waals surface area contributed by atoms with Crippen molar-refractivity contribution >= 4 is 0 Å². The van der Waals surface area contributed by atoms with Gasteiger partial charge in [0.25, 0.3) is 0 Å². The van der Waals surface area contributed by atoms with Gasteiger partial charge < -0.3 is 10.8 Å². The van der Waals surface area contributed by atoms with E-state index in [2.05, 4.69) is 6.92 Å². The minimum atomic E-state index is -0.0311. The van der Waals surface area contributed by atoms with Gasteiger partial charge in [-0.05, 0) is 49.9 Å². The summed E-state index contributed by atoms with van der Waals surface area (Å²) in [6.07, 6.45) is 8.26. The Bertz CT molecular complexity index is 194. The number of hydrogen-bond acceptors (Lipinski definition) is 2. The summed E-state index contributed by atoms with van der Waals surface area (Å²) >= 11 is 0. The van der Waals surface area contributed by atoms with Crippen LogP contribution >= 0.6 is 0 Å². The first-order valence-corrected chi connectivity index (χ1v) is 6.62. The van der Waals surface area contributed by atoms with Gasteiger partial charge in [-0.25, -0.2) is 0 Å². The molecule has 2 rings (SSSR count). The topological polar surface area (TPSA) is 46.2 Å². The van der Waals surface area contributed by atoms with Crippen LogP contribution in [0.15, 0.2) is 0 Å². The van der Waals surface area contributed by atoms with Crippen LogP contribution in [0.3, 0.4) is 0 Å². The Morgan fingerprint density at radius 2 is 1.62 bits per heavy atom. The van der Waals surface area contributed by atoms with E-state index in [1.165, 1.54) is 32.1 Å². The SMILES string of the molecule is CC1CCCC(N)C1C1CCC(O)CC1.[U]. The van der Waals surface area contributed by atoms with E-state index < -0.39 is 0 Å². The van der Waals surface area contributed by atoms with Crippen molar-refractivity contribution in [2.45, 2.75) is 64.0 Å². The molecule has 3 unspecified atom stereocenters. The van der Waals surface area contributed by atoms with Crippen LogP contribution in [0.5, 0.6) is 0 Å². The molecule has 0 saturated heterocycles. The zero-order valence-corrected chi connectivity index (χ0v) is 14.5. The molecule has 0 aromatic carbocycles. The molecule has 0 aromatic rings. The van der Waals surface area contributed by atoms with E-state index in [9.17, 15) is 5.11 Å². The summed E-state index contributed by atoms with van der Waals surface area (Å²) in [6.45, 7) is 2.37. The maximum Gasteiger partial charge on any atom is 0.0540 e. The summed E-state index contributed by atoms with van der Waals surface area (Å²) in [5.74, 6) is 2.32. The Morgan fingerprint density at radius 3 is 2.19 bits per heavy atom. The molecule has 3 N–H and O–H groups in total. The van der Waals surface area contributed by atoms with Gasteiger partial charge in [0.05, 0.1) is 6.10 Å². The van der Waals surface area contributed by atoms with Crippen LogP contribution in [0.1, 0.15) is 51.9 Å². The van der Waals surface area contributed by atoms with Crippen LogP contribution in [0, 0.1) is 48.9 Å². The minimum absolute atomic E-state index is 0. The Labute approximate surface area is 123 Å². The van der Waals surface area contributed by atoms with Gasteiger partial charge in [0.1, 0.15) is 0 Å². The Kier molecular flexibility index (Phi) is 6.37. The predicted molar refractivity (Wildman–Crippen MR) is 62.4 cm³/mol. The molecule has 0 aromatic heterocycles. The largest absolute Gasteiger partial charge is 0.393 e. The Hall–Kier alpha value is 0.972. The molecule has 0 amide bonds. The number of aliphatic hydroxyl groups is 1. The first kappa shape index (κ1) is 15.0. The summed E-state index contributed by atoms with van der Waals surface area (Å²) in [5.41, 5.74) is 6.27. The molecule has 3 heteroatoms. The zero-order valence-electron chi connectivity index (χ0n) is 10.4. The number of hydrogen-bond donors (Lipinski definition) is 2. The molecule has 2 nitrogen and oxygen atoms in total. The van der Waals surface area contributed by atoms with Gasteiger partial charge in [-0.15, -0.1) is 0 Å². The normalized spacial score (nSPS) is 44.8. The molecule has 3 atom stereocenters. The molecule has 0 heterocycles. The average Bonchev–Trinajstić information content (AvgIpc) is 2.20. The van der Waals surface area contributed by atoms with Crippen molar-refractivity contribution in [1.29, 1.82) is 0 Å². The molecule has 2 aliphatic carbocycles. The fourth-order valence-corrected chi connectivity index (χ4v) is 3.78. The van der Waals surface area contributed by atoms with Crippen LogP contribution in [0.2, 0.25) is 0 Å². The molecule has 2 aliphatic rings. The standard InChI is InChI=1S/C13H25NO.U/c1-9-3-2-4-12(14)13(9)10-5-7-11(15)8-6-10;/h9-13,15H,2-8,14H2,1H3;. The molecular formula is C13H25NOU. The van der Waals surface area contributed by atoms with Crippen molar-refractivity contribution in [3.8, 4) is 0 Å². The fourth-order valence-electron chi connectivity index (χ4n) is 3.78. The van der Waals surface area contributed by atoms with Gasteiger partial charge in [-0.1, -0.05) is 19.8 Å². The average molecular weight is 449 g/mol. The smallest absolute Gasteiger partial charge is 0.0540 e. The number of nitrogens with two attached hydrogens (primary N) is 1. The van der Waals surface area contributed by atoms with Crippen molar-refractivity contribution in [3.63, 3.8) is 0 Å². The predicted octanol–water partition coefficient (Wildman–Crippen LogP) is 2.30. The second-order valence-corrected chi connectivity index (χ2v) is 5.72. The van der Waals surface area contributed by atoms with E-state index in [4.69, 9.17) is 5.73 Å². The summed E-state index contributed by atoms with van der Waals surface area (Å²) in [6, 6.07) is 0.425. The summed E-state index contributed by atoms with van der Waals surface area (Å²) < 4.78 is 0. The van der Waals surface area contributed by atoms with E-state index in [0.29, 0.717) is 6.04 Å². The second kappa shape index (κ2) is 6.78. The number of rotatable bonds is 1. The van der Waals surface area contributed by atoms with Gasteiger partial charge in [0.2, 0.25) is 0 Å². The van der Waals surface area contributed by atoms with Crippen LogP contribution in [-0.2, 0) is 0 Å². The Morgan fingerprint density at radius 1 is 1.00 bits per heavy atom. The molecule has 16 heavy (non-hydrogen) atoms. The van der Waals surface area contributed by atoms with Crippen molar-refractivity contribution in [2.75, 3.05) is 0 Å². The molecule has 0 radical (unpaired) electrons. The minimum Gasteiger partial charge on any atom is -0.393 e. The van der Waals surface area contributed by atoms with Gasteiger partial charge in [-0.3, -0.25) is 0 Å². The van der Waals surface area contributed by atoms with Gasteiger partial charge in [0.15, 0.2) is 0 Å².